The number of aromatic amines is 1. The van der Waals surface area contributed by atoms with Crippen LogP contribution in [-0.2, 0) is 36.7 Å². The second-order valence-corrected chi connectivity index (χ2v) is 14.5. The largest absolute Gasteiger partial charge is 0.472 e. The van der Waals surface area contributed by atoms with Gasteiger partial charge in [0.15, 0.2) is 28.9 Å². The predicted octanol–water partition coefficient (Wildman–Crippen LogP) is -0.0466. The number of fused-ring (bicyclic) bond motifs is 4. The van der Waals surface area contributed by atoms with E-state index in [0.29, 0.717) is 0 Å². The molecule has 0 radical (unpaired) electrons. The number of imidazole rings is 2. The molecule has 4 aromatic rings. The van der Waals surface area contributed by atoms with Crippen molar-refractivity contribution in [3.8, 4) is 0 Å². The molecule has 1 spiro atoms. The van der Waals surface area contributed by atoms with Crippen molar-refractivity contribution in [2.45, 2.75) is 49.3 Å². The lowest BCUT2D eigenvalue weighted by Gasteiger charge is -2.29. The average Bonchev–Trinajstić information content (AvgIpc) is 3.30. The van der Waals surface area contributed by atoms with Crippen molar-refractivity contribution in [2.75, 3.05) is 31.8 Å². The summed E-state index contributed by atoms with van der Waals surface area (Å²) in [6.07, 6.45) is -4.97. The fourth-order valence-electron chi connectivity index (χ4n) is 7.02. The number of nitrogens with one attached hydrogen (secondary N) is 1. The van der Waals surface area contributed by atoms with Gasteiger partial charge in [0.1, 0.15) is 42.4 Å². The van der Waals surface area contributed by atoms with E-state index in [1.54, 1.807) is 0 Å². The van der Waals surface area contributed by atoms with Crippen LogP contribution in [0.1, 0.15) is 18.7 Å². The number of ether oxygens (including phenoxy) is 2. The van der Waals surface area contributed by atoms with E-state index in [1.165, 1.54) is 35.2 Å². The quantitative estimate of drug-likeness (QED) is 0.175. The zero-order valence-electron chi connectivity index (χ0n) is 24.1. The molecule has 47 heavy (non-hydrogen) atoms. The number of nitrogens with two attached hydrogens (primary N) is 2. The highest BCUT2D eigenvalue weighted by Gasteiger charge is 2.75. The van der Waals surface area contributed by atoms with Crippen LogP contribution in [0, 0.1) is 11.3 Å². The molecule has 11 unspecified atom stereocenters. The number of nitrogens with zero attached hydrogens (tertiary/aromatic N) is 7. The molecule has 2 aliphatic carbocycles. The third kappa shape index (κ3) is 4.82. The van der Waals surface area contributed by atoms with Gasteiger partial charge in [-0.25, -0.2) is 33.5 Å². The van der Waals surface area contributed by atoms with E-state index < -0.39 is 88.6 Å². The lowest BCUT2D eigenvalue weighted by atomic mass is 10.0. The maximum atomic E-state index is 16.3. The average molecular weight is 700 g/mol. The molecule has 2 saturated carbocycles. The molecule has 0 aromatic carbocycles. The van der Waals surface area contributed by atoms with Crippen LogP contribution in [0.25, 0.3) is 22.3 Å². The maximum Gasteiger partial charge on any atom is 0.472 e. The second-order valence-electron chi connectivity index (χ2n) is 11.7. The van der Waals surface area contributed by atoms with E-state index in [9.17, 15) is 23.7 Å². The Morgan fingerprint density at radius 3 is 2.60 bits per heavy atom. The molecule has 4 aromatic heterocycles. The first-order valence-corrected chi connectivity index (χ1v) is 17.1. The lowest BCUT2D eigenvalue weighted by Crippen LogP contribution is -2.37. The summed E-state index contributed by atoms with van der Waals surface area (Å²) < 4.78 is 79.3. The molecule has 0 amide bonds. The fraction of sp³-hybridized carbons (Fsp3) is 0.565. The molecule has 252 valence electrons. The van der Waals surface area contributed by atoms with Gasteiger partial charge < -0.3 is 35.3 Å². The van der Waals surface area contributed by atoms with Crippen LogP contribution >= 0.6 is 15.6 Å². The minimum atomic E-state index is -5.04. The molecule has 2 bridgehead atoms. The Bertz CT molecular complexity index is 2060. The summed E-state index contributed by atoms with van der Waals surface area (Å²) in [5.41, 5.74) is 9.88. The first-order valence-electron chi connectivity index (χ1n) is 14.1. The number of nitrogen functional groups attached to an aromatic ring is 2. The monoisotopic (exact) mass is 700 g/mol. The number of rotatable bonds is 3. The van der Waals surface area contributed by atoms with Gasteiger partial charge >= 0.3 is 15.6 Å². The van der Waals surface area contributed by atoms with Gasteiger partial charge in [0, 0.05) is 12.5 Å². The molecular formula is C23H27FN10O11P2. The molecular weight excluding hydrogens is 673 g/mol. The number of phosphoric acid groups is 2. The minimum Gasteiger partial charge on any atom is -0.382 e. The molecule has 7 N–H and O–H groups in total. The normalized spacial score (nSPS) is 40.4. The Morgan fingerprint density at radius 1 is 1.06 bits per heavy atom. The van der Waals surface area contributed by atoms with E-state index in [4.69, 9.17) is 39.0 Å². The van der Waals surface area contributed by atoms with E-state index in [0.717, 1.165) is 0 Å². The topological polar surface area (TPSA) is 289 Å². The number of alkyl halides is 1. The van der Waals surface area contributed by atoms with Crippen molar-refractivity contribution in [1.82, 2.24) is 39.0 Å². The van der Waals surface area contributed by atoms with Crippen LogP contribution < -0.4 is 17.0 Å². The number of hydrogen-bond acceptors (Lipinski definition) is 16. The van der Waals surface area contributed by atoms with Gasteiger partial charge in [0.25, 0.3) is 5.56 Å². The zero-order valence-corrected chi connectivity index (χ0v) is 25.9. The van der Waals surface area contributed by atoms with Crippen molar-refractivity contribution in [1.29, 1.82) is 0 Å². The molecule has 11 atom stereocenters. The number of halogens is 1. The van der Waals surface area contributed by atoms with Gasteiger partial charge in [-0.05, 0) is 12.3 Å². The first kappa shape index (κ1) is 30.9. The maximum absolute atomic E-state index is 16.3. The predicted molar refractivity (Wildman–Crippen MR) is 153 cm³/mol. The summed E-state index contributed by atoms with van der Waals surface area (Å²) in [7, 11) is -8.82. The van der Waals surface area contributed by atoms with Gasteiger partial charge in [0.05, 0.1) is 31.9 Å². The number of aromatic nitrogens is 8. The van der Waals surface area contributed by atoms with Gasteiger partial charge in [-0.2, -0.15) is 4.98 Å². The second kappa shape index (κ2) is 10.5. The summed E-state index contributed by atoms with van der Waals surface area (Å²) in [6.45, 7) is -1.29. The third-order valence-corrected chi connectivity index (χ3v) is 11.1. The number of hydrogen-bond donors (Lipinski definition) is 5. The highest BCUT2D eigenvalue weighted by Crippen LogP contribution is 2.72. The summed E-state index contributed by atoms with van der Waals surface area (Å²) in [5, 5.41) is 0. The van der Waals surface area contributed by atoms with Crippen molar-refractivity contribution in [3.63, 3.8) is 0 Å². The number of phosphoric ester groups is 2. The summed E-state index contributed by atoms with van der Waals surface area (Å²) >= 11 is 0. The van der Waals surface area contributed by atoms with E-state index >= 15 is 4.39 Å². The first-order chi connectivity index (χ1) is 22.3. The molecule has 8 rings (SSSR count). The van der Waals surface area contributed by atoms with Crippen LogP contribution in [0.5, 0.6) is 0 Å². The Morgan fingerprint density at radius 2 is 1.81 bits per heavy atom. The number of H-pyrrole nitrogens is 1. The number of anilines is 2. The van der Waals surface area contributed by atoms with Gasteiger partial charge in [-0.3, -0.25) is 32.4 Å². The van der Waals surface area contributed by atoms with Gasteiger partial charge in [-0.1, -0.05) is 0 Å². The van der Waals surface area contributed by atoms with E-state index in [-0.39, 0.29) is 40.5 Å². The van der Waals surface area contributed by atoms with Crippen LogP contribution in [-0.4, -0.2) is 99.7 Å². The smallest absolute Gasteiger partial charge is 0.382 e. The minimum absolute atomic E-state index is 0.0557. The van der Waals surface area contributed by atoms with Crippen molar-refractivity contribution < 1.29 is 50.9 Å². The van der Waals surface area contributed by atoms with Crippen LogP contribution in [0.15, 0.2) is 23.8 Å². The molecule has 24 heteroatoms. The Hall–Kier alpha value is -3.43. The Balaban J connectivity index is 1.15. The number of methoxy groups -OCH3 is 1. The van der Waals surface area contributed by atoms with Crippen LogP contribution in [0.4, 0.5) is 16.2 Å². The van der Waals surface area contributed by atoms with Gasteiger partial charge in [-0.15, -0.1) is 0 Å². The van der Waals surface area contributed by atoms with E-state index in [2.05, 4.69) is 29.9 Å². The van der Waals surface area contributed by atoms with Crippen LogP contribution in [0.3, 0.4) is 0 Å². The molecule has 21 nitrogen and oxygen atoms in total. The molecule has 6 heterocycles. The third-order valence-electron chi connectivity index (χ3n) is 9.16. The molecule has 2 saturated heterocycles. The molecule has 4 fully saturated rings. The van der Waals surface area contributed by atoms with Crippen molar-refractivity contribution in [3.05, 3.63) is 29.3 Å². The molecule has 2 aliphatic heterocycles. The zero-order chi connectivity index (χ0) is 33.0. The Labute approximate surface area is 261 Å². The van der Waals surface area contributed by atoms with Crippen molar-refractivity contribution in [2.24, 2.45) is 11.3 Å². The van der Waals surface area contributed by atoms with Crippen molar-refractivity contribution >= 4 is 49.7 Å². The summed E-state index contributed by atoms with van der Waals surface area (Å²) in [6, 6.07) is -1.03. The summed E-state index contributed by atoms with van der Waals surface area (Å²) in [5.74, 6) is -0.791. The fourth-order valence-corrected chi connectivity index (χ4v) is 9.03. The highest BCUT2D eigenvalue weighted by atomic mass is 31.2. The Kier molecular flexibility index (Phi) is 6.92. The van der Waals surface area contributed by atoms with Crippen LogP contribution in [0.2, 0.25) is 0 Å². The lowest BCUT2D eigenvalue weighted by molar-refractivity contribution is -0.0625. The van der Waals surface area contributed by atoms with Gasteiger partial charge in [0.2, 0.25) is 5.95 Å². The SMILES string of the molecule is COC1C2COP(=O)(O)OC3C(F)C(n4cnc5c(N)ncnc54)C4CC43COP(=O)(O)OC1C(n1cnc3c(=O)[nH]c(N)nc31)O2. The summed E-state index contributed by atoms with van der Waals surface area (Å²) in [4.78, 5) is 56.9. The van der Waals surface area contributed by atoms with E-state index in [1.807, 2.05) is 0 Å². The highest BCUT2D eigenvalue weighted by molar-refractivity contribution is 7.47. The molecule has 4 aliphatic rings. The standard InChI is InChI=1S/C23H27FN10O11P2/c1-40-14-9-3-41-46(36,37)45-16-10(24)13(33-6-29-11-17(25)27-5-28-18(11)33)8-2-23(8,16)4-42-47(38,39)44-15(14)21(43-9)34-7-30-12-19(34)31-22(26)32-20(12)35/h5-10,13-16,21H,2-4H2,1H3,(H,36,37)(H,38,39)(H2,25,27,28)(H3,26,31,32,35).